The number of amides is 1. The van der Waals surface area contributed by atoms with E-state index in [-0.39, 0.29) is 17.5 Å². The maximum absolute atomic E-state index is 11.1. The van der Waals surface area contributed by atoms with Gasteiger partial charge in [0.05, 0.1) is 4.92 Å². The molecule has 1 amide bonds. The van der Waals surface area contributed by atoms with E-state index in [0.717, 1.165) is 0 Å². The van der Waals surface area contributed by atoms with Crippen LogP contribution in [0.1, 0.15) is 12.8 Å². The van der Waals surface area contributed by atoms with Crippen molar-refractivity contribution < 1.29 is 9.72 Å². The molecule has 0 aromatic carbocycles. The molecule has 0 radical (unpaired) electrons. The Morgan fingerprint density at radius 1 is 1.50 bits per heavy atom. The van der Waals surface area contributed by atoms with E-state index in [1.54, 1.807) is 6.07 Å². The Bertz CT molecular complexity index is 469. The third-order valence-electron chi connectivity index (χ3n) is 3.21. The van der Waals surface area contributed by atoms with Gasteiger partial charge < -0.3 is 10.6 Å². The van der Waals surface area contributed by atoms with E-state index in [4.69, 9.17) is 5.73 Å². The van der Waals surface area contributed by atoms with Crippen molar-refractivity contribution in [2.75, 3.05) is 18.0 Å². The van der Waals surface area contributed by atoms with Crippen molar-refractivity contribution in [1.82, 2.24) is 4.98 Å². The zero-order chi connectivity index (χ0) is 13.1. The second-order valence-electron chi connectivity index (χ2n) is 4.29. The summed E-state index contributed by atoms with van der Waals surface area (Å²) in [6.07, 6.45) is 4.04. The van der Waals surface area contributed by atoms with Crippen LogP contribution in [-0.4, -0.2) is 28.9 Å². The molecule has 0 spiro atoms. The molecule has 0 bridgehead atoms. The number of carbonyl (C=O) groups excluding carboxylic acids is 1. The number of hydrogen-bond acceptors (Lipinski definition) is 5. The van der Waals surface area contributed by atoms with Crippen LogP contribution in [0.3, 0.4) is 0 Å². The van der Waals surface area contributed by atoms with Crippen molar-refractivity contribution in [2.45, 2.75) is 12.8 Å². The zero-order valence-corrected chi connectivity index (χ0v) is 9.78. The van der Waals surface area contributed by atoms with Gasteiger partial charge in [-0.3, -0.25) is 19.9 Å². The molecule has 1 aliphatic rings. The van der Waals surface area contributed by atoms with Gasteiger partial charge in [0.1, 0.15) is 11.9 Å². The molecule has 0 saturated carbocycles. The van der Waals surface area contributed by atoms with Gasteiger partial charge in [-0.1, -0.05) is 0 Å². The molecule has 1 aliphatic heterocycles. The predicted octanol–water partition coefficient (Wildman–Crippen LogP) is 0.691. The first-order valence-electron chi connectivity index (χ1n) is 5.72. The molecule has 0 unspecified atom stereocenters. The zero-order valence-electron chi connectivity index (χ0n) is 9.78. The number of nitrogens with two attached hydrogens (primary N) is 1. The van der Waals surface area contributed by atoms with Gasteiger partial charge in [-0.15, -0.1) is 0 Å². The minimum absolute atomic E-state index is 0.00461. The number of pyridine rings is 1. The molecular weight excluding hydrogens is 236 g/mol. The highest BCUT2D eigenvalue weighted by molar-refractivity contribution is 5.77. The first-order valence-corrected chi connectivity index (χ1v) is 5.72. The fraction of sp³-hybridized carbons (Fsp3) is 0.455. The van der Waals surface area contributed by atoms with Crippen LogP contribution in [0, 0.1) is 16.0 Å². The molecule has 18 heavy (non-hydrogen) atoms. The minimum Gasteiger partial charge on any atom is -0.369 e. The number of nitro groups is 1. The van der Waals surface area contributed by atoms with E-state index in [1.165, 1.54) is 12.4 Å². The summed E-state index contributed by atoms with van der Waals surface area (Å²) in [6.45, 7) is 1.19. The molecule has 1 fully saturated rings. The Hall–Kier alpha value is -2.18. The number of hydrogen-bond donors (Lipinski definition) is 1. The summed E-state index contributed by atoms with van der Waals surface area (Å²) in [4.78, 5) is 27.2. The Morgan fingerprint density at radius 3 is 2.72 bits per heavy atom. The lowest BCUT2D eigenvalue weighted by molar-refractivity contribution is -0.384. The Labute approximate surface area is 104 Å². The van der Waals surface area contributed by atoms with Crippen LogP contribution in [0.5, 0.6) is 0 Å². The van der Waals surface area contributed by atoms with Crippen LogP contribution >= 0.6 is 0 Å². The lowest BCUT2D eigenvalue weighted by atomic mass is 9.96. The molecule has 0 aliphatic carbocycles. The molecule has 96 valence electrons. The predicted molar refractivity (Wildman–Crippen MR) is 65.0 cm³/mol. The molecule has 7 heteroatoms. The Balaban J connectivity index is 2.15. The molecule has 2 heterocycles. The largest absolute Gasteiger partial charge is 0.369 e. The van der Waals surface area contributed by atoms with E-state index >= 15 is 0 Å². The van der Waals surface area contributed by atoms with Gasteiger partial charge in [-0.25, -0.2) is 0 Å². The van der Waals surface area contributed by atoms with Crippen molar-refractivity contribution in [1.29, 1.82) is 0 Å². The lowest BCUT2D eigenvalue weighted by Gasteiger charge is -2.31. The molecule has 1 aromatic rings. The van der Waals surface area contributed by atoms with E-state index in [1.807, 2.05) is 4.90 Å². The first-order chi connectivity index (χ1) is 8.59. The molecule has 1 saturated heterocycles. The van der Waals surface area contributed by atoms with Gasteiger partial charge in [-0.05, 0) is 18.9 Å². The van der Waals surface area contributed by atoms with Gasteiger partial charge >= 0.3 is 5.69 Å². The molecule has 1 aromatic heterocycles. The average Bonchev–Trinajstić information content (AvgIpc) is 2.39. The number of anilines is 1. The Kier molecular flexibility index (Phi) is 3.40. The summed E-state index contributed by atoms with van der Waals surface area (Å²) in [6, 6.07) is 1.63. The second kappa shape index (κ2) is 4.99. The third-order valence-corrected chi connectivity index (χ3v) is 3.21. The summed E-state index contributed by atoms with van der Waals surface area (Å²) in [5.41, 5.74) is 5.80. The number of aromatic nitrogens is 1. The van der Waals surface area contributed by atoms with E-state index in [0.29, 0.717) is 31.6 Å². The topological polar surface area (TPSA) is 102 Å². The van der Waals surface area contributed by atoms with Crippen LogP contribution in [-0.2, 0) is 4.79 Å². The quantitative estimate of drug-likeness (QED) is 0.628. The fourth-order valence-corrected chi connectivity index (χ4v) is 2.19. The van der Waals surface area contributed by atoms with Crippen LogP contribution < -0.4 is 10.6 Å². The van der Waals surface area contributed by atoms with Gasteiger partial charge in [0.2, 0.25) is 5.91 Å². The molecule has 2 rings (SSSR count). The Morgan fingerprint density at radius 2 is 2.17 bits per heavy atom. The average molecular weight is 250 g/mol. The highest BCUT2D eigenvalue weighted by Gasteiger charge is 2.26. The van der Waals surface area contributed by atoms with Crippen LogP contribution in [0.4, 0.5) is 11.4 Å². The van der Waals surface area contributed by atoms with Crippen molar-refractivity contribution in [3.63, 3.8) is 0 Å². The summed E-state index contributed by atoms with van der Waals surface area (Å²) >= 11 is 0. The van der Waals surface area contributed by atoms with Gasteiger partial charge in [0.25, 0.3) is 0 Å². The van der Waals surface area contributed by atoms with Gasteiger partial charge in [0, 0.05) is 25.2 Å². The summed E-state index contributed by atoms with van der Waals surface area (Å²) in [7, 11) is 0. The lowest BCUT2D eigenvalue weighted by Crippen LogP contribution is -2.38. The number of nitrogens with zero attached hydrogens (tertiary/aromatic N) is 3. The maximum Gasteiger partial charge on any atom is 0.310 e. The van der Waals surface area contributed by atoms with Gasteiger partial charge in [-0.2, -0.15) is 0 Å². The fourth-order valence-electron chi connectivity index (χ4n) is 2.19. The van der Waals surface area contributed by atoms with Crippen molar-refractivity contribution in [3.8, 4) is 0 Å². The van der Waals surface area contributed by atoms with E-state index in [9.17, 15) is 14.9 Å². The highest BCUT2D eigenvalue weighted by Crippen LogP contribution is 2.30. The summed E-state index contributed by atoms with van der Waals surface area (Å²) in [5, 5.41) is 10.9. The van der Waals surface area contributed by atoms with Crippen molar-refractivity contribution in [2.24, 2.45) is 11.7 Å². The standard InChI is InChI=1S/C11H14N4O3/c12-11(16)8-2-5-14(6-3-8)9-1-4-13-7-10(9)15(17)18/h1,4,7-8H,2-3,5-6H2,(H2,12,16). The maximum atomic E-state index is 11.1. The smallest absolute Gasteiger partial charge is 0.310 e. The van der Waals surface area contributed by atoms with Crippen LogP contribution in [0.2, 0.25) is 0 Å². The number of rotatable bonds is 3. The molecule has 0 atom stereocenters. The highest BCUT2D eigenvalue weighted by atomic mass is 16.6. The summed E-state index contributed by atoms with van der Waals surface area (Å²) < 4.78 is 0. The first kappa shape index (κ1) is 12.3. The van der Waals surface area contributed by atoms with Gasteiger partial charge in [0.15, 0.2) is 0 Å². The monoisotopic (exact) mass is 250 g/mol. The van der Waals surface area contributed by atoms with Crippen molar-refractivity contribution in [3.05, 3.63) is 28.6 Å². The number of piperidine rings is 1. The van der Waals surface area contributed by atoms with Crippen molar-refractivity contribution >= 4 is 17.3 Å². The third kappa shape index (κ3) is 2.39. The number of carbonyl (C=O) groups is 1. The SMILES string of the molecule is NC(=O)C1CCN(c2ccncc2[N+](=O)[O-])CC1. The van der Waals surface area contributed by atoms with E-state index in [2.05, 4.69) is 4.98 Å². The molecule has 7 nitrogen and oxygen atoms in total. The summed E-state index contributed by atoms with van der Waals surface area (Å²) in [5.74, 6) is -0.416. The number of primary amides is 1. The minimum atomic E-state index is -0.442. The van der Waals surface area contributed by atoms with Crippen LogP contribution in [0.15, 0.2) is 18.5 Å². The molecular formula is C11H14N4O3. The van der Waals surface area contributed by atoms with Crippen LogP contribution in [0.25, 0.3) is 0 Å². The second-order valence-corrected chi connectivity index (χ2v) is 4.29. The normalized spacial score (nSPS) is 16.6. The molecule has 2 N–H and O–H groups in total. The van der Waals surface area contributed by atoms with E-state index < -0.39 is 4.92 Å².